The summed E-state index contributed by atoms with van der Waals surface area (Å²) in [6.45, 7) is 2.66. The molecule has 0 radical (unpaired) electrons. The average Bonchev–Trinajstić information content (AvgIpc) is 3.05. The first-order valence-electron chi connectivity index (χ1n) is 15.6. The predicted octanol–water partition coefficient (Wildman–Crippen LogP) is 4.78. The Labute approximate surface area is 255 Å². The number of β-amino-alcohol motifs (C(OH)–C–C–N with tert-alkyl or cyclic N) is 1. The molecule has 7 nitrogen and oxygen atoms in total. The van der Waals surface area contributed by atoms with Gasteiger partial charge in [0.05, 0.1) is 11.6 Å². The Morgan fingerprint density at radius 1 is 0.930 bits per heavy atom. The summed E-state index contributed by atoms with van der Waals surface area (Å²) in [4.78, 5) is 20.0. The Hall–Kier alpha value is -3.78. The van der Waals surface area contributed by atoms with Crippen molar-refractivity contribution in [3.05, 3.63) is 108 Å². The van der Waals surface area contributed by atoms with Gasteiger partial charge in [-0.25, -0.2) is 0 Å². The van der Waals surface area contributed by atoms with Gasteiger partial charge in [0.25, 0.3) is 0 Å². The third-order valence-electron chi connectivity index (χ3n) is 8.15. The molecule has 43 heavy (non-hydrogen) atoms. The maximum Gasteiger partial charge on any atom is 0.238 e. The van der Waals surface area contributed by atoms with Crippen LogP contribution in [0.4, 0.5) is 0 Å². The summed E-state index contributed by atoms with van der Waals surface area (Å²) in [5, 5.41) is 18.5. The van der Waals surface area contributed by atoms with Crippen LogP contribution in [0, 0.1) is 0 Å². The van der Waals surface area contributed by atoms with Crippen molar-refractivity contribution in [2.24, 2.45) is 0 Å². The monoisotopic (exact) mass is 580 g/mol. The number of aryl methyl sites for hydroxylation is 2. The number of piperazine rings is 1. The second-order valence-corrected chi connectivity index (χ2v) is 11.5. The number of amides is 1. The van der Waals surface area contributed by atoms with Gasteiger partial charge in [0.1, 0.15) is 18.5 Å². The van der Waals surface area contributed by atoms with Crippen LogP contribution in [0.15, 0.2) is 97.2 Å². The van der Waals surface area contributed by atoms with E-state index < -0.39 is 6.10 Å². The van der Waals surface area contributed by atoms with Gasteiger partial charge in [-0.05, 0) is 73.9 Å². The number of nitrogens with zero attached hydrogens (tertiary/aromatic N) is 2. The van der Waals surface area contributed by atoms with Gasteiger partial charge in [-0.1, -0.05) is 66.7 Å². The fraction of sp³-hybridized carbons (Fsp3) is 0.389. The van der Waals surface area contributed by atoms with Crippen molar-refractivity contribution >= 4 is 16.8 Å². The fourth-order valence-corrected chi connectivity index (χ4v) is 5.88. The van der Waals surface area contributed by atoms with Crippen molar-refractivity contribution in [2.45, 2.75) is 56.7 Å². The molecule has 0 aliphatic carbocycles. The van der Waals surface area contributed by atoms with E-state index in [1.54, 1.807) is 6.20 Å². The van der Waals surface area contributed by atoms with Gasteiger partial charge in [0, 0.05) is 43.8 Å². The Bertz CT molecular complexity index is 1350. The van der Waals surface area contributed by atoms with Crippen molar-refractivity contribution in [1.82, 2.24) is 20.5 Å². The van der Waals surface area contributed by atoms with Crippen molar-refractivity contribution in [3.8, 4) is 5.75 Å². The Balaban J connectivity index is 1.10. The maximum absolute atomic E-state index is 13.4. The molecule has 226 valence electrons. The number of aromatic nitrogens is 1. The number of benzene rings is 3. The smallest absolute Gasteiger partial charge is 0.238 e. The van der Waals surface area contributed by atoms with Crippen molar-refractivity contribution in [1.29, 1.82) is 0 Å². The lowest BCUT2D eigenvalue weighted by atomic mass is 9.98. The van der Waals surface area contributed by atoms with Crippen LogP contribution in [0.25, 0.3) is 10.9 Å². The van der Waals surface area contributed by atoms with Gasteiger partial charge in [-0.2, -0.15) is 0 Å². The number of ether oxygens (including phenoxy) is 1. The standard InChI is InChI=1S/C36H44N4O3/c41-31(27-43-35-21-9-20-33-32(35)19-10-22-37-33)25-40-24-23-38-34(26-40)36(42)39-30(17-7-15-28-11-3-1-4-12-28)18-8-16-29-13-5-2-6-14-29/h1-6,9-14,19-22,30-31,34,38,41H,7-8,15-18,23-27H2,(H,39,42)/t31-,34?/m0/s1. The Morgan fingerprint density at radius 2 is 1.63 bits per heavy atom. The van der Waals surface area contributed by atoms with Gasteiger partial charge < -0.3 is 20.5 Å². The van der Waals surface area contributed by atoms with Crippen molar-refractivity contribution < 1.29 is 14.6 Å². The molecule has 0 bridgehead atoms. The Morgan fingerprint density at radius 3 is 2.33 bits per heavy atom. The number of hydrogen-bond acceptors (Lipinski definition) is 6. The molecule has 3 aromatic carbocycles. The highest BCUT2D eigenvalue weighted by molar-refractivity contribution is 5.84. The zero-order chi connectivity index (χ0) is 29.7. The number of nitrogens with one attached hydrogen (secondary N) is 2. The predicted molar refractivity (Wildman–Crippen MR) is 172 cm³/mol. The number of pyridine rings is 1. The van der Waals surface area contributed by atoms with E-state index in [-0.39, 0.29) is 24.6 Å². The molecule has 7 heteroatoms. The topological polar surface area (TPSA) is 86.7 Å². The number of carbonyl (C=O) groups excluding carboxylic acids is 1. The molecule has 4 aromatic rings. The van der Waals surface area contributed by atoms with E-state index in [1.165, 1.54) is 11.1 Å². The molecule has 1 aliphatic rings. The van der Waals surface area contributed by atoms with Crippen LogP contribution in [0.2, 0.25) is 0 Å². The van der Waals surface area contributed by atoms with Crippen LogP contribution >= 0.6 is 0 Å². The first-order valence-corrected chi connectivity index (χ1v) is 15.6. The fourth-order valence-electron chi connectivity index (χ4n) is 5.88. The van der Waals surface area contributed by atoms with Gasteiger partial charge in [0.15, 0.2) is 0 Å². The summed E-state index contributed by atoms with van der Waals surface area (Å²) in [6.07, 6.45) is 7.07. The number of hydrogen-bond donors (Lipinski definition) is 3. The van der Waals surface area contributed by atoms with E-state index in [9.17, 15) is 9.90 Å². The van der Waals surface area contributed by atoms with Gasteiger partial charge >= 0.3 is 0 Å². The molecule has 2 heterocycles. The molecule has 2 atom stereocenters. The molecule has 1 fully saturated rings. The molecule has 0 saturated carbocycles. The van der Waals surface area contributed by atoms with E-state index in [4.69, 9.17) is 4.74 Å². The van der Waals surface area contributed by atoms with Crippen molar-refractivity contribution in [3.63, 3.8) is 0 Å². The summed E-state index contributed by atoms with van der Waals surface area (Å²) in [5.74, 6) is 0.760. The van der Waals surface area contributed by atoms with Crippen LogP contribution in [-0.2, 0) is 17.6 Å². The molecular formula is C36H44N4O3. The van der Waals surface area contributed by atoms with E-state index in [2.05, 4.69) is 69.0 Å². The van der Waals surface area contributed by atoms with Gasteiger partial charge in [0.2, 0.25) is 5.91 Å². The van der Waals surface area contributed by atoms with Crippen LogP contribution in [0.3, 0.4) is 0 Å². The Kier molecular flexibility index (Phi) is 11.5. The number of carbonyl (C=O) groups is 1. The van der Waals surface area contributed by atoms with Crippen LogP contribution in [-0.4, -0.2) is 71.9 Å². The molecule has 1 amide bonds. The van der Waals surface area contributed by atoms with Gasteiger partial charge in [-0.3, -0.25) is 14.7 Å². The second kappa shape index (κ2) is 16.2. The summed E-state index contributed by atoms with van der Waals surface area (Å²) in [6, 6.07) is 30.5. The highest BCUT2D eigenvalue weighted by Crippen LogP contribution is 2.23. The third-order valence-corrected chi connectivity index (χ3v) is 8.15. The first-order chi connectivity index (χ1) is 21.1. The number of aliphatic hydroxyl groups excluding tert-OH is 1. The highest BCUT2D eigenvalue weighted by Gasteiger charge is 2.28. The highest BCUT2D eigenvalue weighted by atomic mass is 16.5. The van der Waals surface area contributed by atoms with Crippen LogP contribution in [0.5, 0.6) is 5.75 Å². The minimum Gasteiger partial charge on any atom is -0.490 e. The number of rotatable bonds is 15. The SMILES string of the molecule is O=C(NC(CCCc1ccccc1)CCCc1ccccc1)C1CN(C[C@H](O)COc2cccc3ncccc23)CCN1. The molecule has 0 spiro atoms. The molecule has 3 N–H and O–H groups in total. The lowest BCUT2D eigenvalue weighted by molar-refractivity contribution is -0.125. The van der Waals surface area contributed by atoms with E-state index in [0.29, 0.717) is 25.4 Å². The van der Waals surface area contributed by atoms with Gasteiger partial charge in [-0.15, -0.1) is 0 Å². The molecule has 1 aromatic heterocycles. The number of aliphatic hydroxyl groups is 1. The largest absolute Gasteiger partial charge is 0.490 e. The summed E-state index contributed by atoms with van der Waals surface area (Å²) >= 11 is 0. The maximum atomic E-state index is 13.4. The summed E-state index contributed by atoms with van der Waals surface area (Å²) < 4.78 is 5.98. The minimum atomic E-state index is -0.669. The molecule has 1 saturated heterocycles. The zero-order valence-corrected chi connectivity index (χ0v) is 24.9. The van der Waals surface area contributed by atoms with Crippen LogP contribution < -0.4 is 15.4 Å². The number of fused-ring (bicyclic) bond motifs is 1. The summed E-state index contributed by atoms with van der Waals surface area (Å²) in [5.41, 5.74) is 3.53. The first kappa shape index (κ1) is 30.7. The minimum absolute atomic E-state index is 0.0446. The second-order valence-electron chi connectivity index (χ2n) is 11.5. The normalized spacial score (nSPS) is 16.3. The lowest BCUT2D eigenvalue weighted by Crippen LogP contribution is -2.59. The quantitative estimate of drug-likeness (QED) is 0.188. The van der Waals surface area contributed by atoms with Crippen LogP contribution in [0.1, 0.15) is 36.8 Å². The lowest BCUT2D eigenvalue weighted by Gasteiger charge is -2.34. The zero-order valence-electron chi connectivity index (χ0n) is 24.9. The molecule has 5 rings (SSSR count). The summed E-state index contributed by atoms with van der Waals surface area (Å²) in [7, 11) is 0. The van der Waals surface area contributed by atoms with E-state index in [1.807, 2.05) is 42.5 Å². The average molecular weight is 581 g/mol. The van der Waals surface area contributed by atoms with E-state index in [0.717, 1.165) is 56.0 Å². The molecule has 1 aliphatic heterocycles. The third kappa shape index (κ3) is 9.61. The van der Waals surface area contributed by atoms with E-state index >= 15 is 0 Å². The molecule has 1 unspecified atom stereocenters. The van der Waals surface area contributed by atoms with Crippen molar-refractivity contribution in [2.75, 3.05) is 32.8 Å². The molecular weight excluding hydrogens is 536 g/mol.